The molecule has 2 aromatic rings. The predicted octanol–water partition coefficient (Wildman–Crippen LogP) is 3.47. The minimum atomic E-state index is -3.59. The number of hydrogen-bond donors (Lipinski definition) is 1. The Bertz CT molecular complexity index is 1030. The largest absolute Gasteiger partial charge is 0.496 e. The Morgan fingerprint density at radius 3 is 2.34 bits per heavy atom. The Morgan fingerprint density at radius 1 is 1.06 bits per heavy atom. The molecular formula is C23H30N2O6S. The van der Waals surface area contributed by atoms with E-state index in [0.717, 1.165) is 17.1 Å². The molecule has 1 N–H and O–H groups in total. The Hall–Kier alpha value is -2.91. The van der Waals surface area contributed by atoms with Gasteiger partial charge in [-0.1, -0.05) is 13.3 Å². The second-order valence-electron chi connectivity index (χ2n) is 7.38. The van der Waals surface area contributed by atoms with Crippen LogP contribution in [0, 0.1) is 0 Å². The zero-order valence-electron chi connectivity index (χ0n) is 18.9. The molecule has 1 amide bonds. The highest BCUT2D eigenvalue weighted by Crippen LogP contribution is 2.25. The maximum atomic E-state index is 12.4. The third-order valence-electron chi connectivity index (χ3n) is 4.79. The summed E-state index contributed by atoms with van der Waals surface area (Å²) in [6.45, 7) is 2.40. The molecular weight excluding hydrogens is 432 g/mol. The van der Waals surface area contributed by atoms with Crippen LogP contribution >= 0.6 is 0 Å². The van der Waals surface area contributed by atoms with Gasteiger partial charge in [0.1, 0.15) is 5.75 Å². The highest BCUT2D eigenvalue weighted by Gasteiger charge is 2.19. The number of benzene rings is 2. The molecule has 2 aromatic carbocycles. The lowest BCUT2D eigenvalue weighted by molar-refractivity contribution is -0.116. The molecule has 32 heavy (non-hydrogen) atoms. The normalized spacial score (nSPS) is 11.3. The molecule has 0 bridgehead atoms. The van der Waals surface area contributed by atoms with Gasteiger partial charge in [-0.15, -0.1) is 0 Å². The van der Waals surface area contributed by atoms with Crippen molar-refractivity contribution in [2.24, 2.45) is 0 Å². The predicted molar refractivity (Wildman–Crippen MR) is 122 cm³/mol. The Balaban J connectivity index is 2.00. The van der Waals surface area contributed by atoms with Gasteiger partial charge in [0.25, 0.3) is 0 Å². The zero-order chi connectivity index (χ0) is 23.7. The van der Waals surface area contributed by atoms with Gasteiger partial charge in [0.15, 0.2) is 0 Å². The molecule has 0 fully saturated rings. The number of hydrogen-bond acceptors (Lipinski definition) is 6. The molecule has 9 heteroatoms. The maximum Gasteiger partial charge on any atom is 0.338 e. The second-order valence-corrected chi connectivity index (χ2v) is 9.53. The number of aryl methyl sites for hydroxylation is 1. The van der Waals surface area contributed by atoms with Crippen molar-refractivity contribution in [3.63, 3.8) is 0 Å². The molecule has 174 valence electrons. The van der Waals surface area contributed by atoms with E-state index in [4.69, 9.17) is 9.47 Å². The maximum absolute atomic E-state index is 12.4. The van der Waals surface area contributed by atoms with Crippen LogP contribution in [-0.2, 0) is 26.0 Å². The van der Waals surface area contributed by atoms with Gasteiger partial charge in [-0.2, -0.15) is 0 Å². The number of sulfonamides is 1. The first-order chi connectivity index (χ1) is 15.2. The molecule has 0 unspecified atom stereocenters. The molecule has 0 aliphatic heterocycles. The monoisotopic (exact) mass is 462 g/mol. The minimum absolute atomic E-state index is 0.128. The number of rotatable bonds is 11. The van der Waals surface area contributed by atoms with Gasteiger partial charge < -0.3 is 14.8 Å². The molecule has 8 nitrogen and oxygen atoms in total. The lowest BCUT2D eigenvalue weighted by Crippen LogP contribution is -2.22. The van der Waals surface area contributed by atoms with Crippen LogP contribution in [0.25, 0.3) is 0 Å². The van der Waals surface area contributed by atoms with E-state index in [2.05, 4.69) is 5.32 Å². The highest BCUT2D eigenvalue weighted by molar-refractivity contribution is 7.89. The molecule has 0 atom stereocenters. The number of amides is 1. The van der Waals surface area contributed by atoms with E-state index in [-0.39, 0.29) is 17.2 Å². The smallest absolute Gasteiger partial charge is 0.338 e. The van der Waals surface area contributed by atoms with Crippen LogP contribution in [0.2, 0.25) is 0 Å². The van der Waals surface area contributed by atoms with Gasteiger partial charge in [0.2, 0.25) is 15.9 Å². The van der Waals surface area contributed by atoms with Crippen molar-refractivity contribution in [2.75, 3.05) is 33.1 Å². The van der Waals surface area contributed by atoms with Gasteiger partial charge in [-0.25, -0.2) is 17.5 Å². The van der Waals surface area contributed by atoms with Crippen LogP contribution in [0.15, 0.2) is 47.4 Å². The van der Waals surface area contributed by atoms with Crippen molar-refractivity contribution in [1.29, 1.82) is 0 Å². The molecule has 0 spiro atoms. The van der Waals surface area contributed by atoms with Crippen LogP contribution in [0.1, 0.15) is 42.1 Å². The van der Waals surface area contributed by atoms with Gasteiger partial charge >= 0.3 is 5.97 Å². The zero-order valence-corrected chi connectivity index (χ0v) is 19.7. The minimum Gasteiger partial charge on any atom is -0.496 e. The lowest BCUT2D eigenvalue weighted by Gasteiger charge is -2.14. The van der Waals surface area contributed by atoms with Crippen LogP contribution in [-0.4, -0.2) is 52.4 Å². The molecule has 0 saturated heterocycles. The first-order valence-corrected chi connectivity index (χ1v) is 11.8. The quantitative estimate of drug-likeness (QED) is 0.405. The molecule has 0 radical (unpaired) electrons. The third kappa shape index (κ3) is 6.80. The van der Waals surface area contributed by atoms with Crippen molar-refractivity contribution in [3.05, 3.63) is 53.6 Å². The number of esters is 1. The average Bonchev–Trinajstić information content (AvgIpc) is 2.77. The summed E-state index contributed by atoms with van der Waals surface area (Å²) in [4.78, 5) is 24.5. The molecule has 0 saturated carbocycles. The summed E-state index contributed by atoms with van der Waals surface area (Å²) in [6, 6.07) is 11.1. The SMILES string of the molecule is CCCCOC(=O)c1ccc(NC(=O)CCc2cc(S(=O)(=O)N(C)C)ccc2OC)cc1. The van der Waals surface area contributed by atoms with Crippen LogP contribution < -0.4 is 10.1 Å². The summed E-state index contributed by atoms with van der Waals surface area (Å²) in [5.41, 5.74) is 1.59. The van der Waals surface area contributed by atoms with Gasteiger partial charge in [-0.05, 0) is 60.9 Å². The number of nitrogens with zero attached hydrogens (tertiary/aromatic N) is 1. The van der Waals surface area contributed by atoms with Crippen LogP contribution in [0.5, 0.6) is 5.75 Å². The van der Waals surface area contributed by atoms with E-state index in [1.54, 1.807) is 30.3 Å². The Kier molecular flexibility index (Phi) is 9.22. The number of carbonyl (C=O) groups excluding carboxylic acids is 2. The number of anilines is 1. The number of nitrogens with one attached hydrogen (secondary N) is 1. The van der Waals surface area contributed by atoms with E-state index in [1.165, 1.54) is 33.3 Å². The summed E-state index contributed by atoms with van der Waals surface area (Å²) in [6.07, 6.45) is 2.19. The lowest BCUT2D eigenvalue weighted by atomic mass is 10.1. The van der Waals surface area contributed by atoms with Crippen molar-refractivity contribution >= 4 is 27.6 Å². The van der Waals surface area contributed by atoms with E-state index in [9.17, 15) is 18.0 Å². The summed E-state index contributed by atoms with van der Waals surface area (Å²) < 4.78 is 36.4. The van der Waals surface area contributed by atoms with Crippen LogP contribution in [0.4, 0.5) is 5.69 Å². The molecule has 2 rings (SSSR count). The fourth-order valence-corrected chi connectivity index (χ4v) is 3.83. The molecule has 0 aliphatic carbocycles. The van der Waals surface area contributed by atoms with E-state index in [1.807, 2.05) is 6.92 Å². The Labute approximate surface area is 189 Å². The first kappa shape index (κ1) is 25.4. The summed E-state index contributed by atoms with van der Waals surface area (Å²) in [5.74, 6) is -0.122. The number of methoxy groups -OCH3 is 1. The standard InChI is InChI=1S/C23H30N2O6S/c1-5-6-15-31-23(27)17-7-10-19(11-8-17)24-22(26)14-9-18-16-20(12-13-21(18)30-4)32(28,29)25(2)3/h7-8,10-13,16H,5-6,9,14-15H2,1-4H3,(H,24,26). The number of ether oxygens (including phenoxy) is 2. The van der Waals surface area contributed by atoms with Gasteiger partial charge in [0.05, 0.1) is 24.2 Å². The number of carbonyl (C=O) groups is 2. The van der Waals surface area contributed by atoms with Gasteiger partial charge in [-0.3, -0.25) is 4.79 Å². The van der Waals surface area contributed by atoms with Crippen molar-refractivity contribution in [2.45, 2.75) is 37.5 Å². The fourth-order valence-electron chi connectivity index (χ4n) is 2.88. The third-order valence-corrected chi connectivity index (χ3v) is 6.60. The molecule has 0 aromatic heterocycles. The van der Waals surface area contributed by atoms with Crippen LogP contribution in [0.3, 0.4) is 0 Å². The van der Waals surface area contributed by atoms with Gasteiger partial charge in [0, 0.05) is 26.2 Å². The van der Waals surface area contributed by atoms with E-state index < -0.39 is 16.0 Å². The van der Waals surface area contributed by atoms with Crippen molar-refractivity contribution in [1.82, 2.24) is 4.31 Å². The van der Waals surface area contributed by atoms with E-state index >= 15 is 0 Å². The summed E-state index contributed by atoms with van der Waals surface area (Å²) >= 11 is 0. The summed E-state index contributed by atoms with van der Waals surface area (Å²) in [7, 11) is 0.825. The summed E-state index contributed by atoms with van der Waals surface area (Å²) in [5, 5.41) is 2.77. The Morgan fingerprint density at radius 2 is 1.75 bits per heavy atom. The van der Waals surface area contributed by atoms with Crippen molar-refractivity contribution in [3.8, 4) is 5.75 Å². The van der Waals surface area contributed by atoms with Crippen molar-refractivity contribution < 1.29 is 27.5 Å². The number of unbranched alkanes of at least 4 members (excludes halogenated alkanes) is 1. The average molecular weight is 463 g/mol. The highest BCUT2D eigenvalue weighted by atomic mass is 32.2. The van der Waals surface area contributed by atoms with E-state index in [0.29, 0.717) is 35.6 Å². The topological polar surface area (TPSA) is 102 Å². The molecule has 0 heterocycles. The first-order valence-electron chi connectivity index (χ1n) is 10.4. The molecule has 0 aliphatic rings. The fraction of sp³-hybridized carbons (Fsp3) is 0.391. The second kappa shape index (κ2) is 11.6.